The van der Waals surface area contributed by atoms with Gasteiger partial charge in [-0.3, -0.25) is 4.79 Å². The van der Waals surface area contributed by atoms with Crippen molar-refractivity contribution >= 4 is 33.0 Å². The molecule has 1 atom stereocenters. The molecule has 1 aliphatic rings. The van der Waals surface area contributed by atoms with Gasteiger partial charge >= 0.3 is 0 Å². The van der Waals surface area contributed by atoms with Crippen LogP contribution in [0.1, 0.15) is 16.1 Å². The Balaban J connectivity index is 2.04. The molecule has 6 heteroatoms. The molecule has 0 aliphatic carbocycles. The van der Waals surface area contributed by atoms with Gasteiger partial charge in [0.25, 0.3) is 5.91 Å². The minimum atomic E-state index is -0.427. The molecule has 0 bridgehead atoms. The molecule has 1 aromatic heterocycles. The first-order valence-electron chi connectivity index (χ1n) is 6.44. The molecule has 1 amide bonds. The van der Waals surface area contributed by atoms with E-state index >= 15 is 0 Å². The van der Waals surface area contributed by atoms with Crippen molar-refractivity contribution < 1.29 is 14.6 Å². The Morgan fingerprint density at radius 3 is 3.00 bits per heavy atom. The van der Waals surface area contributed by atoms with Crippen molar-refractivity contribution in [2.45, 2.75) is 12.5 Å². The third-order valence-corrected chi connectivity index (χ3v) is 4.74. The van der Waals surface area contributed by atoms with Gasteiger partial charge < -0.3 is 20.5 Å². The molecule has 1 aromatic carbocycles. The predicted molar refractivity (Wildman–Crippen MR) is 79.3 cm³/mol. The van der Waals surface area contributed by atoms with Crippen LogP contribution >= 0.6 is 11.3 Å². The van der Waals surface area contributed by atoms with Gasteiger partial charge in [0.1, 0.15) is 10.6 Å². The molecule has 3 rings (SSSR count). The summed E-state index contributed by atoms with van der Waals surface area (Å²) in [6.45, 7) is 0.953. The first-order chi connectivity index (χ1) is 9.61. The number of ether oxygens (including phenoxy) is 1. The third kappa shape index (κ3) is 2.01. The van der Waals surface area contributed by atoms with Crippen LogP contribution in [0.2, 0.25) is 0 Å². The van der Waals surface area contributed by atoms with Gasteiger partial charge in [-0.15, -0.1) is 11.3 Å². The number of hydrogen-bond acceptors (Lipinski definition) is 5. The van der Waals surface area contributed by atoms with Crippen molar-refractivity contribution in [2.24, 2.45) is 0 Å². The smallest absolute Gasteiger partial charge is 0.266 e. The molecule has 1 saturated heterocycles. The number of anilines is 1. The molecule has 0 spiro atoms. The zero-order valence-corrected chi connectivity index (χ0v) is 11.9. The van der Waals surface area contributed by atoms with E-state index in [4.69, 9.17) is 10.5 Å². The van der Waals surface area contributed by atoms with Crippen LogP contribution in [0, 0.1) is 0 Å². The molecule has 5 nitrogen and oxygen atoms in total. The summed E-state index contributed by atoms with van der Waals surface area (Å²) in [5.74, 6) is 0.569. The van der Waals surface area contributed by atoms with E-state index in [0.717, 1.165) is 10.1 Å². The number of amides is 1. The number of methoxy groups -OCH3 is 1. The fraction of sp³-hybridized carbons (Fsp3) is 0.357. The molecular formula is C14H16N2O3S. The summed E-state index contributed by atoms with van der Waals surface area (Å²) >= 11 is 1.37. The Hall–Kier alpha value is -1.79. The van der Waals surface area contributed by atoms with Crippen molar-refractivity contribution in [2.75, 3.05) is 25.9 Å². The van der Waals surface area contributed by atoms with Gasteiger partial charge in [-0.1, -0.05) is 6.07 Å². The zero-order valence-electron chi connectivity index (χ0n) is 11.1. The van der Waals surface area contributed by atoms with Crippen LogP contribution in [0.15, 0.2) is 18.2 Å². The van der Waals surface area contributed by atoms with Crippen molar-refractivity contribution in [3.05, 3.63) is 23.1 Å². The predicted octanol–water partition coefficient (Wildman–Crippen LogP) is 1.70. The molecule has 1 aliphatic heterocycles. The van der Waals surface area contributed by atoms with Gasteiger partial charge in [0, 0.05) is 17.8 Å². The quantitative estimate of drug-likeness (QED) is 0.883. The maximum Gasteiger partial charge on any atom is 0.266 e. The number of thiophene rings is 1. The van der Waals surface area contributed by atoms with Crippen LogP contribution in [-0.2, 0) is 0 Å². The Morgan fingerprint density at radius 2 is 2.35 bits per heavy atom. The standard InChI is InChI=1S/C14H16N2O3S/c1-19-9-3-2-4-10-11(9)12(15)13(20-10)14(18)16-6-5-8(17)7-16/h2-4,8,17H,5-7,15H2,1H3. The molecule has 1 fully saturated rings. The number of nitrogens with zero attached hydrogens (tertiary/aromatic N) is 1. The number of carbonyl (C=O) groups excluding carboxylic acids is 1. The average molecular weight is 292 g/mol. The number of likely N-dealkylation sites (tertiary alicyclic amines) is 1. The topological polar surface area (TPSA) is 75.8 Å². The monoisotopic (exact) mass is 292 g/mol. The van der Waals surface area contributed by atoms with Crippen LogP contribution in [0.25, 0.3) is 10.1 Å². The zero-order chi connectivity index (χ0) is 14.3. The maximum atomic E-state index is 12.5. The number of nitrogen functional groups attached to an aromatic ring is 1. The fourth-order valence-electron chi connectivity index (χ4n) is 2.54. The lowest BCUT2D eigenvalue weighted by Gasteiger charge is -2.14. The van der Waals surface area contributed by atoms with E-state index in [2.05, 4.69) is 0 Å². The Kier molecular flexibility index (Phi) is 3.27. The molecule has 0 saturated carbocycles. The summed E-state index contributed by atoms with van der Waals surface area (Å²) in [6.07, 6.45) is 0.198. The van der Waals surface area contributed by atoms with Gasteiger partial charge in [0.05, 0.1) is 24.3 Å². The highest BCUT2D eigenvalue weighted by atomic mass is 32.1. The minimum absolute atomic E-state index is 0.109. The second kappa shape index (κ2) is 4.96. The molecule has 3 N–H and O–H groups in total. The number of rotatable bonds is 2. The number of nitrogens with two attached hydrogens (primary N) is 1. The van der Waals surface area contributed by atoms with E-state index in [1.54, 1.807) is 12.0 Å². The van der Waals surface area contributed by atoms with Gasteiger partial charge in [-0.25, -0.2) is 0 Å². The van der Waals surface area contributed by atoms with Gasteiger partial charge in [-0.2, -0.15) is 0 Å². The minimum Gasteiger partial charge on any atom is -0.496 e. The van der Waals surface area contributed by atoms with Crippen LogP contribution in [0.3, 0.4) is 0 Å². The SMILES string of the molecule is COc1cccc2sc(C(=O)N3CCC(O)C3)c(N)c12. The number of benzene rings is 1. The second-order valence-electron chi connectivity index (χ2n) is 4.87. The maximum absolute atomic E-state index is 12.5. The highest BCUT2D eigenvalue weighted by molar-refractivity contribution is 7.21. The van der Waals surface area contributed by atoms with E-state index in [0.29, 0.717) is 35.8 Å². The Morgan fingerprint density at radius 1 is 1.55 bits per heavy atom. The number of hydrogen-bond donors (Lipinski definition) is 2. The van der Waals surface area contributed by atoms with Crippen molar-refractivity contribution in [3.8, 4) is 5.75 Å². The summed E-state index contributed by atoms with van der Waals surface area (Å²) < 4.78 is 6.24. The lowest BCUT2D eigenvalue weighted by molar-refractivity contribution is 0.0770. The molecule has 2 aromatic rings. The first-order valence-corrected chi connectivity index (χ1v) is 7.25. The van der Waals surface area contributed by atoms with Crippen LogP contribution in [0.5, 0.6) is 5.75 Å². The van der Waals surface area contributed by atoms with Gasteiger partial charge in [-0.05, 0) is 18.6 Å². The van der Waals surface area contributed by atoms with Crippen LogP contribution in [-0.4, -0.2) is 42.2 Å². The van der Waals surface area contributed by atoms with E-state index in [1.165, 1.54) is 11.3 Å². The number of carbonyl (C=O) groups is 1. The summed E-state index contributed by atoms with van der Waals surface area (Å²) in [5, 5.41) is 10.3. The van der Waals surface area contributed by atoms with Crippen molar-refractivity contribution in [1.82, 2.24) is 4.90 Å². The second-order valence-corrected chi connectivity index (χ2v) is 5.92. The van der Waals surface area contributed by atoms with Crippen LogP contribution in [0.4, 0.5) is 5.69 Å². The summed E-state index contributed by atoms with van der Waals surface area (Å²) in [4.78, 5) is 14.7. The van der Waals surface area contributed by atoms with Crippen molar-refractivity contribution in [1.29, 1.82) is 0 Å². The third-order valence-electron chi connectivity index (χ3n) is 3.58. The summed E-state index contributed by atoms with van der Waals surface area (Å²) in [5.41, 5.74) is 6.61. The lowest BCUT2D eigenvalue weighted by atomic mass is 10.2. The normalized spacial score (nSPS) is 18.7. The first kappa shape index (κ1) is 13.2. The largest absolute Gasteiger partial charge is 0.496 e. The van der Waals surface area contributed by atoms with E-state index in [-0.39, 0.29) is 5.91 Å². The number of β-amino-alcohol motifs (C(OH)–C–C–N with tert-alkyl or cyclic N) is 1. The van der Waals surface area contributed by atoms with Gasteiger partial charge in [0.15, 0.2) is 0 Å². The van der Waals surface area contributed by atoms with Crippen molar-refractivity contribution in [3.63, 3.8) is 0 Å². The molecule has 1 unspecified atom stereocenters. The summed E-state index contributed by atoms with van der Waals surface area (Å²) in [7, 11) is 1.59. The molecule has 0 radical (unpaired) electrons. The van der Waals surface area contributed by atoms with E-state index < -0.39 is 6.10 Å². The van der Waals surface area contributed by atoms with E-state index in [9.17, 15) is 9.90 Å². The Labute approximate surface area is 120 Å². The molecule has 20 heavy (non-hydrogen) atoms. The highest BCUT2D eigenvalue weighted by Gasteiger charge is 2.28. The van der Waals surface area contributed by atoms with E-state index in [1.807, 2.05) is 18.2 Å². The Bertz CT molecular complexity index is 668. The average Bonchev–Trinajstić information content (AvgIpc) is 3.02. The number of aliphatic hydroxyl groups is 1. The fourth-order valence-corrected chi connectivity index (χ4v) is 3.65. The lowest BCUT2D eigenvalue weighted by Crippen LogP contribution is -2.29. The summed E-state index contributed by atoms with van der Waals surface area (Å²) in [6, 6.07) is 5.64. The molecule has 106 valence electrons. The van der Waals surface area contributed by atoms with Gasteiger partial charge in [0.2, 0.25) is 0 Å². The highest BCUT2D eigenvalue weighted by Crippen LogP contribution is 2.40. The number of fused-ring (bicyclic) bond motifs is 1. The number of aliphatic hydroxyl groups excluding tert-OH is 1. The van der Waals surface area contributed by atoms with Crippen LogP contribution < -0.4 is 10.5 Å². The molecular weight excluding hydrogens is 276 g/mol. The molecule has 2 heterocycles.